The summed E-state index contributed by atoms with van der Waals surface area (Å²) in [7, 11) is 0. The first-order valence-corrected chi connectivity index (χ1v) is 7.08. The van der Waals surface area contributed by atoms with Crippen LogP contribution in [0.15, 0.2) is 24.5 Å². The Morgan fingerprint density at radius 1 is 1.40 bits per heavy atom. The lowest BCUT2D eigenvalue weighted by molar-refractivity contribution is -0.150. The highest BCUT2D eigenvalue weighted by atomic mass is 35.5. The average molecular weight is 297 g/mol. The minimum absolute atomic E-state index is 0. The van der Waals surface area contributed by atoms with Crippen LogP contribution in [-0.2, 0) is 4.79 Å². The summed E-state index contributed by atoms with van der Waals surface area (Å²) in [4.78, 5) is 18.0. The van der Waals surface area contributed by atoms with Gasteiger partial charge in [-0.2, -0.15) is 0 Å². The summed E-state index contributed by atoms with van der Waals surface area (Å²) >= 11 is 0. The average Bonchev–Trinajstić information content (AvgIpc) is 3.24. The number of piperidine rings is 1. The summed E-state index contributed by atoms with van der Waals surface area (Å²) in [5.41, 5.74) is 0.555. The van der Waals surface area contributed by atoms with E-state index in [4.69, 9.17) is 0 Å². The Bertz CT molecular complexity index is 464. The third kappa shape index (κ3) is 3.06. The quantitative estimate of drug-likeness (QED) is 0.928. The van der Waals surface area contributed by atoms with Crippen LogP contribution in [0, 0.1) is 11.3 Å². The SMILES string of the molecule is Cl.O=C(O)C1(CC2CC2)CCCN(c2ccncc2)C1. The van der Waals surface area contributed by atoms with Gasteiger partial charge in [-0.1, -0.05) is 12.8 Å². The number of aromatic nitrogens is 1. The van der Waals surface area contributed by atoms with E-state index >= 15 is 0 Å². The van der Waals surface area contributed by atoms with Gasteiger partial charge in [-0.3, -0.25) is 9.78 Å². The number of carboxylic acids is 1. The van der Waals surface area contributed by atoms with Gasteiger partial charge in [0.25, 0.3) is 0 Å². The number of nitrogens with zero attached hydrogens (tertiary/aromatic N) is 2. The van der Waals surface area contributed by atoms with Crippen LogP contribution in [0.5, 0.6) is 0 Å². The molecule has 0 spiro atoms. The molecule has 110 valence electrons. The third-order valence-corrected chi connectivity index (χ3v) is 4.43. The smallest absolute Gasteiger partial charge is 0.311 e. The fraction of sp³-hybridized carbons (Fsp3) is 0.600. The number of carboxylic acid groups (broad SMARTS) is 1. The van der Waals surface area contributed by atoms with Gasteiger partial charge in [-0.15, -0.1) is 12.4 Å². The van der Waals surface area contributed by atoms with E-state index in [1.165, 1.54) is 12.8 Å². The van der Waals surface area contributed by atoms with Gasteiger partial charge in [0.2, 0.25) is 0 Å². The van der Waals surface area contributed by atoms with Crippen LogP contribution in [0.2, 0.25) is 0 Å². The van der Waals surface area contributed by atoms with Gasteiger partial charge in [0.05, 0.1) is 5.41 Å². The van der Waals surface area contributed by atoms with E-state index < -0.39 is 11.4 Å². The molecule has 0 aromatic carbocycles. The predicted molar refractivity (Wildman–Crippen MR) is 80.3 cm³/mol. The molecule has 1 aromatic heterocycles. The minimum Gasteiger partial charge on any atom is -0.481 e. The molecule has 1 aliphatic carbocycles. The molecular formula is C15H21ClN2O2. The van der Waals surface area contributed by atoms with Crippen LogP contribution in [0.25, 0.3) is 0 Å². The van der Waals surface area contributed by atoms with Crippen molar-refractivity contribution in [3.05, 3.63) is 24.5 Å². The summed E-state index contributed by atoms with van der Waals surface area (Å²) in [6.45, 7) is 1.59. The second-order valence-corrected chi connectivity index (χ2v) is 5.96. The zero-order valence-corrected chi connectivity index (χ0v) is 12.3. The summed E-state index contributed by atoms with van der Waals surface area (Å²) < 4.78 is 0. The van der Waals surface area contributed by atoms with E-state index in [9.17, 15) is 9.90 Å². The van der Waals surface area contributed by atoms with Crippen LogP contribution in [0.4, 0.5) is 5.69 Å². The Hall–Kier alpha value is -1.29. The van der Waals surface area contributed by atoms with Crippen molar-refractivity contribution in [1.82, 2.24) is 4.98 Å². The standard InChI is InChI=1S/C15H20N2O2.ClH/c18-14(19)15(10-12-2-3-12)6-1-9-17(11-15)13-4-7-16-8-5-13;/h4-5,7-8,12H,1-3,6,9-11H2,(H,18,19);1H. The van der Waals surface area contributed by atoms with E-state index in [0.29, 0.717) is 12.5 Å². The number of hydrogen-bond acceptors (Lipinski definition) is 3. The lowest BCUT2D eigenvalue weighted by Crippen LogP contribution is -2.48. The Balaban J connectivity index is 0.00000147. The van der Waals surface area contributed by atoms with Crippen molar-refractivity contribution in [2.24, 2.45) is 11.3 Å². The fourth-order valence-electron chi connectivity index (χ4n) is 3.21. The van der Waals surface area contributed by atoms with Crippen LogP contribution in [0.3, 0.4) is 0 Å². The van der Waals surface area contributed by atoms with E-state index in [1.807, 2.05) is 12.1 Å². The molecule has 2 fully saturated rings. The predicted octanol–water partition coefficient (Wildman–Crippen LogP) is 2.97. The first-order chi connectivity index (χ1) is 9.20. The minimum atomic E-state index is -0.613. The summed E-state index contributed by atoms with van der Waals surface area (Å²) in [5.74, 6) is 0.0339. The normalized spacial score (nSPS) is 25.9. The highest BCUT2D eigenvalue weighted by molar-refractivity contribution is 5.85. The first-order valence-electron chi connectivity index (χ1n) is 7.08. The van der Waals surface area contributed by atoms with E-state index in [2.05, 4.69) is 9.88 Å². The second-order valence-electron chi connectivity index (χ2n) is 5.96. The molecule has 0 bridgehead atoms. The van der Waals surface area contributed by atoms with Crippen molar-refractivity contribution in [3.63, 3.8) is 0 Å². The summed E-state index contributed by atoms with van der Waals surface area (Å²) in [5, 5.41) is 9.69. The Morgan fingerprint density at radius 2 is 2.10 bits per heavy atom. The fourth-order valence-corrected chi connectivity index (χ4v) is 3.21. The molecule has 1 saturated carbocycles. The number of hydrogen-bond donors (Lipinski definition) is 1. The van der Waals surface area contributed by atoms with Crippen molar-refractivity contribution < 1.29 is 9.90 Å². The maximum atomic E-state index is 11.8. The molecular weight excluding hydrogens is 276 g/mol. The van der Waals surface area contributed by atoms with E-state index in [-0.39, 0.29) is 12.4 Å². The number of rotatable bonds is 4. The molecule has 5 heteroatoms. The highest BCUT2D eigenvalue weighted by Crippen LogP contribution is 2.45. The van der Waals surface area contributed by atoms with E-state index in [1.54, 1.807) is 12.4 Å². The van der Waals surface area contributed by atoms with Crippen molar-refractivity contribution in [3.8, 4) is 0 Å². The van der Waals surface area contributed by atoms with Gasteiger partial charge in [0.15, 0.2) is 0 Å². The molecule has 1 aromatic rings. The zero-order valence-electron chi connectivity index (χ0n) is 11.5. The Kier molecular flexibility index (Phi) is 4.53. The molecule has 0 amide bonds. The molecule has 1 saturated heterocycles. The number of pyridine rings is 1. The lowest BCUT2D eigenvalue weighted by Gasteiger charge is -2.41. The Morgan fingerprint density at radius 3 is 2.70 bits per heavy atom. The Labute approximate surface area is 125 Å². The number of carbonyl (C=O) groups is 1. The molecule has 1 unspecified atom stereocenters. The monoisotopic (exact) mass is 296 g/mol. The first kappa shape index (κ1) is 15.1. The van der Waals surface area contributed by atoms with Gasteiger partial charge >= 0.3 is 5.97 Å². The van der Waals surface area contributed by atoms with Gasteiger partial charge in [-0.05, 0) is 37.3 Å². The third-order valence-electron chi connectivity index (χ3n) is 4.43. The number of halogens is 1. The van der Waals surface area contributed by atoms with Gasteiger partial charge in [0, 0.05) is 31.2 Å². The van der Waals surface area contributed by atoms with Crippen molar-refractivity contribution in [1.29, 1.82) is 0 Å². The van der Waals surface area contributed by atoms with Crippen molar-refractivity contribution in [2.75, 3.05) is 18.0 Å². The molecule has 2 heterocycles. The number of anilines is 1. The zero-order chi connectivity index (χ0) is 13.3. The van der Waals surface area contributed by atoms with Crippen molar-refractivity contribution >= 4 is 24.1 Å². The van der Waals surface area contributed by atoms with Crippen LogP contribution in [-0.4, -0.2) is 29.1 Å². The van der Waals surface area contributed by atoms with Crippen LogP contribution >= 0.6 is 12.4 Å². The highest BCUT2D eigenvalue weighted by Gasteiger charge is 2.45. The van der Waals surface area contributed by atoms with E-state index in [0.717, 1.165) is 31.5 Å². The summed E-state index contributed by atoms with van der Waals surface area (Å²) in [6, 6.07) is 3.93. The van der Waals surface area contributed by atoms with Gasteiger partial charge < -0.3 is 10.0 Å². The number of aliphatic carboxylic acids is 1. The molecule has 1 aliphatic heterocycles. The molecule has 0 radical (unpaired) electrons. The van der Waals surface area contributed by atoms with Gasteiger partial charge in [-0.25, -0.2) is 0 Å². The molecule has 1 N–H and O–H groups in total. The van der Waals surface area contributed by atoms with Gasteiger partial charge in [0.1, 0.15) is 0 Å². The van der Waals surface area contributed by atoms with Crippen molar-refractivity contribution in [2.45, 2.75) is 32.1 Å². The van der Waals surface area contributed by atoms with Crippen LogP contribution < -0.4 is 4.90 Å². The van der Waals surface area contributed by atoms with Crippen LogP contribution in [0.1, 0.15) is 32.1 Å². The maximum Gasteiger partial charge on any atom is 0.311 e. The molecule has 1 atom stereocenters. The maximum absolute atomic E-state index is 11.8. The lowest BCUT2D eigenvalue weighted by atomic mass is 9.75. The topological polar surface area (TPSA) is 53.4 Å². The summed E-state index contributed by atoms with van der Waals surface area (Å²) in [6.07, 6.45) is 8.60. The molecule has 20 heavy (non-hydrogen) atoms. The molecule has 2 aliphatic rings. The largest absolute Gasteiger partial charge is 0.481 e. The second kappa shape index (κ2) is 6.00. The molecule has 4 nitrogen and oxygen atoms in total. The molecule has 3 rings (SSSR count).